The minimum absolute atomic E-state index is 0.665. The van der Waals surface area contributed by atoms with E-state index in [2.05, 4.69) is 5.73 Å². The topological polar surface area (TPSA) is 178 Å². The number of aliphatic hydroxyl groups excluding tert-OH is 4. The molecule has 0 radical (unpaired) electrons. The standard InChI is InChI=1S/C9H17NO8/c10-5-3(12)1-9(17,8(15)16)18-7(5)6(14)4(13)2-11/h3-7,11-14,17H,1-2,10H2,(H,15,16)/t3-,4-,5+,6-,7+,9-/m0/s1. The Kier molecular flexibility index (Phi) is 4.61. The second-order valence-corrected chi connectivity index (χ2v) is 4.33. The van der Waals surface area contributed by atoms with Crippen molar-refractivity contribution in [1.82, 2.24) is 0 Å². The van der Waals surface area contributed by atoms with Gasteiger partial charge in [-0.2, -0.15) is 0 Å². The molecular weight excluding hydrogens is 250 g/mol. The number of aliphatic hydroxyl groups is 5. The Morgan fingerprint density at radius 1 is 1.56 bits per heavy atom. The van der Waals surface area contributed by atoms with E-state index >= 15 is 0 Å². The van der Waals surface area contributed by atoms with Crippen molar-refractivity contribution >= 4 is 5.97 Å². The lowest BCUT2D eigenvalue weighted by molar-refractivity contribution is -0.493. The molecule has 1 saturated heterocycles. The highest BCUT2D eigenvalue weighted by molar-refractivity contribution is 5.73. The molecule has 0 unspecified atom stereocenters. The third-order valence-corrected chi connectivity index (χ3v) is 2.97. The van der Waals surface area contributed by atoms with Crippen LogP contribution in [-0.4, -0.2) is 74.4 Å². The van der Waals surface area contributed by atoms with Gasteiger partial charge in [0.2, 0.25) is 5.79 Å². The van der Waals surface area contributed by atoms with E-state index in [1.807, 2.05) is 0 Å². The molecule has 1 aliphatic rings. The average molecular weight is 267 g/mol. The minimum atomic E-state index is -2.77. The van der Waals surface area contributed by atoms with Crippen molar-refractivity contribution in [2.45, 2.75) is 42.7 Å². The third-order valence-electron chi connectivity index (χ3n) is 2.97. The molecule has 0 bridgehead atoms. The Balaban J connectivity index is 2.92. The number of hydrogen-bond acceptors (Lipinski definition) is 8. The van der Waals surface area contributed by atoms with Crippen molar-refractivity contribution < 1.29 is 45.9 Å². The van der Waals surface area contributed by atoms with Gasteiger partial charge in [-0.25, -0.2) is 0 Å². The molecule has 0 aromatic carbocycles. The molecule has 0 aliphatic carbocycles. The van der Waals surface area contributed by atoms with Crippen LogP contribution in [0.4, 0.5) is 0 Å². The lowest BCUT2D eigenvalue weighted by Crippen LogP contribution is -2.79. The summed E-state index contributed by atoms with van der Waals surface area (Å²) in [5, 5.41) is 57.5. The van der Waals surface area contributed by atoms with Gasteiger partial charge in [-0.1, -0.05) is 0 Å². The van der Waals surface area contributed by atoms with Crippen molar-refractivity contribution in [1.29, 1.82) is 0 Å². The molecule has 1 heterocycles. The Morgan fingerprint density at radius 3 is 2.56 bits per heavy atom. The molecule has 18 heavy (non-hydrogen) atoms. The summed E-state index contributed by atoms with van der Waals surface area (Å²) in [4.78, 5) is 10.7. The Hall–Kier alpha value is -0.810. The van der Waals surface area contributed by atoms with Crippen LogP contribution >= 0.6 is 0 Å². The van der Waals surface area contributed by atoms with Gasteiger partial charge in [0.1, 0.15) is 36.4 Å². The van der Waals surface area contributed by atoms with Crippen LogP contribution < -0.4 is 10.8 Å². The quantitative estimate of drug-likeness (QED) is 0.291. The van der Waals surface area contributed by atoms with Crippen molar-refractivity contribution in [3.63, 3.8) is 0 Å². The number of carbonyl (C=O) groups excluding carboxylic acids is 1. The highest BCUT2D eigenvalue weighted by Crippen LogP contribution is 2.28. The molecule has 1 fully saturated rings. The molecule has 9 nitrogen and oxygen atoms in total. The van der Waals surface area contributed by atoms with Crippen LogP contribution in [0.25, 0.3) is 0 Å². The van der Waals surface area contributed by atoms with E-state index in [1.54, 1.807) is 0 Å². The fourth-order valence-corrected chi connectivity index (χ4v) is 1.80. The number of carbonyl (C=O) groups is 1. The second-order valence-electron chi connectivity index (χ2n) is 4.33. The summed E-state index contributed by atoms with van der Waals surface area (Å²) in [7, 11) is 0. The van der Waals surface area contributed by atoms with Crippen molar-refractivity contribution in [2.75, 3.05) is 6.61 Å². The molecule has 1 aliphatic heterocycles. The predicted molar refractivity (Wildman–Crippen MR) is 51.2 cm³/mol. The number of rotatable bonds is 4. The normalized spacial score (nSPS) is 40.2. The maximum absolute atomic E-state index is 10.7. The smallest absolute Gasteiger partial charge is 0.210 e. The summed E-state index contributed by atoms with van der Waals surface area (Å²) in [5.41, 5.74) is 3.47. The van der Waals surface area contributed by atoms with E-state index in [-0.39, 0.29) is 0 Å². The molecule has 9 heteroatoms. The maximum atomic E-state index is 10.7. The van der Waals surface area contributed by atoms with Crippen LogP contribution in [0.1, 0.15) is 6.42 Å². The lowest BCUT2D eigenvalue weighted by atomic mass is 9.89. The van der Waals surface area contributed by atoms with Crippen LogP contribution in [0, 0.1) is 0 Å². The van der Waals surface area contributed by atoms with Crippen LogP contribution in [0.15, 0.2) is 0 Å². The van der Waals surface area contributed by atoms with Gasteiger partial charge in [0, 0.05) is 6.42 Å². The SMILES string of the molecule is [NH3+][C@H]1[C@H]([C@@H](O)[C@@H](O)CO)O[C@](O)(C(=O)[O-])C[C@@H]1O. The summed E-state index contributed by atoms with van der Waals surface area (Å²) in [6.07, 6.45) is -6.82. The number of aliphatic carboxylic acids is 1. The zero-order valence-corrected chi connectivity index (χ0v) is 9.47. The highest BCUT2D eigenvalue weighted by Gasteiger charge is 2.51. The van der Waals surface area contributed by atoms with E-state index in [9.17, 15) is 30.3 Å². The zero-order chi connectivity index (χ0) is 14.1. The summed E-state index contributed by atoms with van der Waals surface area (Å²) in [5.74, 6) is -4.74. The van der Waals surface area contributed by atoms with E-state index in [1.165, 1.54) is 0 Å². The summed E-state index contributed by atoms with van der Waals surface area (Å²) >= 11 is 0. The molecule has 0 amide bonds. The van der Waals surface area contributed by atoms with Gasteiger partial charge in [0.15, 0.2) is 0 Å². The van der Waals surface area contributed by atoms with Gasteiger partial charge in [0.05, 0.1) is 6.61 Å². The molecule has 0 aromatic heterocycles. The molecular formula is C9H17NO8. The first kappa shape index (κ1) is 15.2. The molecule has 8 N–H and O–H groups in total. The Labute approximate surface area is 102 Å². The van der Waals surface area contributed by atoms with Crippen LogP contribution in [0.5, 0.6) is 0 Å². The van der Waals surface area contributed by atoms with Crippen molar-refractivity contribution in [3.8, 4) is 0 Å². The fraction of sp³-hybridized carbons (Fsp3) is 0.889. The number of quaternary nitrogens is 1. The van der Waals surface area contributed by atoms with E-state index in [0.29, 0.717) is 0 Å². The lowest BCUT2D eigenvalue weighted by Gasteiger charge is -2.43. The summed E-state index contributed by atoms with van der Waals surface area (Å²) < 4.78 is 4.75. The van der Waals surface area contributed by atoms with Gasteiger partial charge in [-0.3, -0.25) is 0 Å². The van der Waals surface area contributed by atoms with E-state index in [0.717, 1.165) is 0 Å². The van der Waals surface area contributed by atoms with Crippen LogP contribution in [0.2, 0.25) is 0 Å². The Bertz CT molecular complexity index is 313. The third kappa shape index (κ3) is 2.78. The van der Waals surface area contributed by atoms with Gasteiger partial charge >= 0.3 is 0 Å². The summed E-state index contributed by atoms with van der Waals surface area (Å²) in [6.45, 7) is -0.798. The predicted octanol–water partition coefficient (Wildman–Crippen LogP) is -6.10. The molecule has 0 spiro atoms. The average Bonchev–Trinajstić information content (AvgIpc) is 2.31. The molecule has 0 saturated carbocycles. The van der Waals surface area contributed by atoms with Gasteiger partial charge in [-0.05, 0) is 0 Å². The molecule has 6 atom stereocenters. The largest absolute Gasteiger partial charge is 0.544 e. The van der Waals surface area contributed by atoms with Crippen LogP contribution in [0.3, 0.4) is 0 Å². The monoisotopic (exact) mass is 267 g/mol. The van der Waals surface area contributed by atoms with Gasteiger partial charge < -0.3 is 45.9 Å². The molecule has 1 rings (SSSR count). The first-order valence-electron chi connectivity index (χ1n) is 5.32. The van der Waals surface area contributed by atoms with Gasteiger partial charge in [-0.15, -0.1) is 0 Å². The zero-order valence-electron chi connectivity index (χ0n) is 9.47. The fourth-order valence-electron chi connectivity index (χ4n) is 1.80. The van der Waals surface area contributed by atoms with Gasteiger partial charge in [0.25, 0.3) is 0 Å². The Morgan fingerprint density at radius 2 is 2.11 bits per heavy atom. The van der Waals surface area contributed by atoms with E-state index < -0.39 is 55.2 Å². The summed E-state index contributed by atoms with van der Waals surface area (Å²) in [6, 6.07) is -0.985. The van der Waals surface area contributed by atoms with E-state index in [4.69, 9.17) is 9.84 Å². The number of carboxylic acids is 1. The van der Waals surface area contributed by atoms with Crippen LogP contribution in [-0.2, 0) is 9.53 Å². The molecule has 106 valence electrons. The maximum Gasteiger partial charge on any atom is 0.210 e. The second kappa shape index (κ2) is 5.45. The first-order chi connectivity index (χ1) is 8.23. The minimum Gasteiger partial charge on any atom is -0.544 e. The number of hydrogen-bond donors (Lipinski definition) is 6. The number of ether oxygens (including phenoxy) is 1. The van der Waals surface area contributed by atoms with Crippen molar-refractivity contribution in [3.05, 3.63) is 0 Å². The number of carboxylic acid groups (broad SMARTS) is 1. The highest BCUT2D eigenvalue weighted by atomic mass is 16.7. The van der Waals surface area contributed by atoms with Crippen molar-refractivity contribution in [2.24, 2.45) is 0 Å². The first-order valence-corrected chi connectivity index (χ1v) is 5.32. The molecule has 0 aromatic rings.